The number of aromatic hydroxyl groups is 1. The molecule has 4 nitrogen and oxygen atoms in total. The standard InChI is InChI=1S/C21H23N3O/c1-14-6-4-5-7-17(14)21-18-12-23(3)13-19(18)22-24(21)11-16-9-8-15(2)20(25)10-16/h4-10,25H,11-13H2,1-3H3. The first-order valence-electron chi connectivity index (χ1n) is 8.64. The molecule has 0 saturated carbocycles. The van der Waals surface area contributed by atoms with E-state index in [1.165, 1.54) is 22.4 Å². The summed E-state index contributed by atoms with van der Waals surface area (Å²) < 4.78 is 2.10. The Morgan fingerprint density at radius 2 is 1.84 bits per heavy atom. The molecule has 0 amide bonds. The van der Waals surface area contributed by atoms with Crippen LogP contribution < -0.4 is 0 Å². The molecule has 4 rings (SSSR count). The average molecular weight is 333 g/mol. The quantitative estimate of drug-likeness (QED) is 0.791. The molecule has 1 aromatic heterocycles. The zero-order chi connectivity index (χ0) is 17.6. The second-order valence-corrected chi connectivity index (χ2v) is 7.04. The molecule has 0 bridgehead atoms. The van der Waals surface area contributed by atoms with Crippen LogP contribution >= 0.6 is 0 Å². The second kappa shape index (κ2) is 6.05. The van der Waals surface area contributed by atoms with Gasteiger partial charge in [0.05, 0.1) is 17.9 Å². The van der Waals surface area contributed by atoms with Crippen LogP contribution in [0, 0.1) is 13.8 Å². The Morgan fingerprint density at radius 1 is 1.04 bits per heavy atom. The van der Waals surface area contributed by atoms with Gasteiger partial charge in [0, 0.05) is 24.2 Å². The van der Waals surface area contributed by atoms with Crippen molar-refractivity contribution < 1.29 is 5.11 Å². The number of rotatable bonds is 3. The lowest BCUT2D eigenvalue weighted by Gasteiger charge is -2.14. The number of nitrogens with zero attached hydrogens (tertiary/aromatic N) is 3. The summed E-state index contributed by atoms with van der Waals surface area (Å²) in [7, 11) is 2.13. The van der Waals surface area contributed by atoms with Crippen molar-refractivity contribution in [3.63, 3.8) is 0 Å². The lowest BCUT2D eigenvalue weighted by molar-refractivity contribution is 0.346. The Bertz CT molecular complexity index is 942. The number of aromatic nitrogens is 2. The zero-order valence-electron chi connectivity index (χ0n) is 15.0. The van der Waals surface area contributed by atoms with Crippen molar-refractivity contribution in [1.29, 1.82) is 0 Å². The molecule has 25 heavy (non-hydrogen) atoms. The van der Waals surface area contributed by atoms with Gasteiger partial charge in [0.15, 0.2) is 0 Å². The minimum Gasteiger partial charge on any atom is -0.508 e. The predicted molar refractivity (Wildman–Crippen MR) is 99.5 cm³/mol. The molecule has 0 radical (unpaired) electrons. The van der Waals surface area contributed by atoms with E-state index in [1.54, 1.807) is 0 Å². The Kier molecular flexibility index (Phi) is 3.85. The molecule has 0 spiro atoms. The van der Waals surface area contributed by atoms with Crippen molar-refractivity contribution in [2.24, 2.45) is 0 Å². The van der Waals surface area contributed by atoms with Crippen LogP contribution in [0.4, 0.5) is 0 Å². The summed E-state index contributed by atoms with van der Waals surface area (Å²) in [6, 6.07) is 14.4. The van der Waals surface area contributed by atoms with Gasteiger partial charge >= 0.3 is 0 Å². The number of benzene rings is 2. The maximum Gasteiger partial charge on any atom is 0.118 e. The summed E-state index contributed by atoms with van der Waals surface area (Å²) in [5.41, 5.74) is 8.15. The molecule has 0 atom stereocenters. The number of fused-ring (bicyclic) bond motifs is 1. The SMILES string of the molecule is Cc1ccc(Cn2nc3c(c2-c2ccccc2C)CN(C)C3)cc1O. The van der Waals surface area contributed by atoms with E-state index in [4.69, 9.17) is 5.10 Å². The maximum absolute atomic E-state index is 10.0. The summed E-state index contributed by atoms with van der Waals surface area (Å²) in [4.78, 5) is 2.29. The topological polar surface area (TPSA) is 41.3 Å². The Morgan fingerprint density at radius 3 is 2.60 bits per heavy atom. The highest BCUT2D eigenvalue weighted by Crippen LogP contribution is 2.34. The zero-order valence-corrected chi connectivity index (χ0v) is 15.0. The van der Waals surface area contributed by atoms with Crippen LogP contribution in [0.5, 0.6) is 5.75 Å². The molecule has 0 aliphatic carbocycles. The van der Waals surface area contributed by atoms with E-state index in [0.717, 1.165) is 29.9 Å². The van der Waals surface area contributed by atoms with Gasteiger partial charge < -0.3 is 5.11 Å². The molecule has 0 unspecified atom stereocenters. The summed E-state index contributed by atoms with van der Waals surface area (Å²) in [6.07, 6.45) is 0. The fraction of sp³-hybridized carbons (Fsp3) is 0.286. The molecule has 0 saturated heterocycles. The molecule has 2 heterocycles. The van der Waals surface area contributed by atoms with E-state index < -0.39 is 0 Å². The number of aryl methyl sites for hydroxylation is 2. The van der Waals surface area contributed by atoms with Crippen LogP contribution in [0.2, 0.25) is 0 Å². The minimum atomic E-state index is 0.342. The average Bonchev–Trinajstić information content (AvgIpc) is 3.07. The fourth-order valence-electron chi connectivity index (χ4n) is 3.60. The first-order chi connectivity index (χ1) is 12.0. The Hall–Kier alpha value is -2.59. The van der Waals surface area contributed by atoms with E-state index in [-0.39, 0.29) is 0 Å². The third-order valence-electron chi connectivity index (χ3n) is 4.99. The van der Waals surface area contributed by atoms with E-state index in [2.05, 4.69) is 53.9 Å². The molecule has 1 N–H and O–H groups in total. The largest absolute Gasteiger partial charge is 0.508 e. The Labute approximate surface area is 148 Å². The van der Waals surface area contributed by atoms with Gasteiger partial charge in [0.2, 0.25) is 0 Å². The van der Waals surface area contributed by atoms with Gasteiger partial charge in [-0.2, -0.15) is 5.10 Å². The third-order valence-corrected chi connectivity index (χ3v) is 4.99. The highest BCUT2D eigenvalue weighted by atomic mass is 16.3. The van der Waals surface area contributed by atoms with Crippen molar-refractivity contribution in [3.8, 4) is 17.0 Å². The number of phenolic OH excluding ortho intramolecular Hbond substituents is 1. The van der Waals surface area contributed by atoms with Crippen molar-refractivity contribution in [2.45, 2.75) is 33.5 Å². The molecule has 3 aromatic rings. The monoisotopic (exact) mass is 333 g/mol. The Balaban J connectivity index is 1.82. The van der Waals surface area contributed by atoms with Crippen LogP contribution in [-0.2, 0) is 19.6 Å². The van der Waals surface area contributed by atoms with Crippen molar-refractivity contribution in [1.82, 2.24) is 14.7 Å². The molecule has 4 heteroatoms. The van der Waals surface area contributed by atoms with Crippen LogP contribution in [-0.4, -0.2) is 26.8 Å². The lowest BCUT2D eigenvalue weighted by atomic mass is 10.0. The van der Waals surface area contributed by atoms with Crippen molar-refractivity contribution >= 4 is 0 Å². The van der Waals surface area contributed by atoms with Gasteiger partial charge in [-0.05, 0) is 43.7 Å². The van der Waals surface area contributed by atoms with Gasteiger partial charge in [-0.15, -0.1) is 0 Å². The lowest BCUT2D eigenvalue weighted by Crippen LogP contribution is -2.13. The van der Waals surface area contributed by atoms with Crippen LogP contribution in [0.25, 0.3) is 11.3 Å². The first kappa shape index (κ1) is 15.9. The molecular weight excluding hydrogens is 310 g/mol. The van der Waals surface area contributed by atoms with E-state index in [9.17, 15) is 5.11 Å². The molecule has 1 aliphatic rings. The summed E-state index contributed by atoms with van der Waals surface area (Å²) in [5.74, 6) is 0.342. The normalized spacial score (nSPS) is 14.0. The highest BCUT2D eigenvalue weighted by Gasteiger charge is 2.26. The first-order valence-corrected chi connectivity index (χ1v) is 8.64. The number of hydrogen-bond acceptors (Lipinski definition) is 3. The van der Waals surface area contributed by atoms with Gasteiger partial charge in [-0.25, -0.2) is 0 Å². The van der Waals surface area contributed by atoms with Crippen molar-refractivity contribution in [3.05, 3.63) is 70.4 Å². The van der Waals surface area contributed by atoms with Crippen LogP contribution in [0.3, 0.4) is 0 Å². The van der Waals surface area contributed by atoms with Gasteiger partial charge in [0.1, 0.15) is 5.75 Å². The van der Waals surface area contributed by atoms with Crippen LogP contribution in [0.15, 0.2) is 42.5 Å². The summed E-state index contributed by atoms with van der Waals surface area (Å²) >= 11 is 0. The van der Waals surface area contributed by atoms with Crippen LogP contribution in [0.1, 0.15) is 27.9 Å². The number of hydrogen-bond donors (Lipinski definition) is 1. The molecule has 2 aromatic carbocycles. The van der Waals surface area contributed by atoms with Crippen molar-refractivity contribution in [2.75, 3.05) is 7.05 Å². The molecule has 1 aliphatic heterocycles. The minimum absolute atomic E-state index is 0.342. The smallest absolute Gasteiger partial charge is 0.118 e. The molecule has 0 fully saturated rings. The second-order valence-electron chi connectivity index (χ2n) is 7.04. The van der Waals surface area contributed by atoms with Gasteiger partial charge in [0.25, 0.3) is 0 Å². The molecular formula is C21H23N3O. The highest BCUT2D eigenvalue weighted by molar-refractivity contribution is 5.69. The number of phenols is 1. The van der Waals surface area contributed by atoms with E-state index in [0.29, 0.717) is 12.3 Å². The van der Waals surface area contributed by atoms with Gasteiger partial charge in [-0.1, -0.05) is 36.4 Å². The summed E-state index contributed by atoms with van der Waals surface area (Å²) in [5, 5.41) is 14.9. The van der Waals surface area contributed by atoms with E-state index >= 15 is 0 Å². The van der Waals surface area contributed by atoms with Gasteiger partial charge in [-0.3, -0.25) is 9.58 Å². The predicted octanol–water partition coefficient (Wildman–Crippen LogP) is 3.87. The third kappa shape index (κ3) is 2.83. The molecule has 128 valence electrons. The fourth-order valence-corrected chi connectivity index (χ4v) is 3.60. The summed E-state index contributed by atoms with van der Waals surface area (Å²) in [6.45, 7) is 6.54. The maximum atomic E-state index is 10.0. The van der Waals surface area contributed by atoms with E-state index in [1.807, 2.05) is 19.1 Å².